The van der Waals surface area contributed by atoms with Crippen LogP contribution in [0.2, 0.25) is 0 Å². The summed E-state index contributed by atoms with van der Waals surface area (Å²) in [6.07, 6.45) is 1.59. The molecule has 2 aromatic rings. The quantitative estimate of drug-likeness (QED) is 0.781. The number of fused-ring (bicyclic) bond motifs is 1. The highest BCUT2D eigenvalue weighted by Gasteiger charge is 2.26. The molecule has 0 atom stereocenters. The predicted octanol–water partition coefficient (Wildman–Crippen LogP) is 2.63. The molecular formula is C22H24N2O4. The Balaban J connectivity index is 1.21. The fraction of sp³-hybridized carbons (Fsp3) is 0.364. The van der Waals surface area contributed by atoms with Gasteiger partial charge < -0.3 is 14.8 Å². The Labute approximate surface area is 164 Å². The van der Waals surface area contributed by atoms with Crippen LogP contribution >= 0.6 is 0 Å². The van der Waals surface area contributed by atoms with E-state index < -0.39 is 0 Å². The first kappa shape index (κ1) is 18.5. The maximum atomic E-state index is 12.6. The second-order valence-electron chi connectivity index (χ2n) is 7.25. The molecule has 2 aliphatic rings. The average molecular weight is 380 g/mol. The van der Waals surface area contributed by atoms with Crippen LogP contribution in [0.4, 0.5) is 0 Å². The van der Waals surface area contributed by atoms with Crippen molar-refractivity contribution in [3.63, 3.8) is 0 Å². The molecule has 1 saturated heterocycles. The Morgan fingerprint density at radius 2 is 1.75 bits per heavy atom. The zero-order valence-corrected chi connectivity index (χ0v) is 15.7. The summed E-state index contributed by atoms with van der Waals surface area (Å²) < 4.78 is 10.7. The summed E-state index contributed by atoms with van der Waals surface area (Å²) in [6.45, 7) is 2.59. The number of carbonyl (C=O) groups is 2. The SMILES string of the molecule is O=C(CN1CCC(C(=O)c2ccccc2)CC1)NCc1ccc2c(c1)OCO2. The third-order valence-electron chi connectivity index (χ3n) is 5.31. The van der Waals surface area contributed by atoms with Gasteiger partial charge in [0.2, 0.25) is 12.7 Å². The first-order chi connectivity index (χ1) is 13.7. The predicted molar refractivity (Wildman–Crippen MR) is 104 cm³/mol. The van der Waals surface area contributed by atoms with Crippen molar-refractivity contribution < 1.29 is 19.1 Å². The number of Topliss-reactive ketones (excluding diaryl/α,β-unsaturated/α-hetero) is 1. The van der Waals surface area contributed by atoms with Crippen LogP contribution in [-0.2, 0) is 11.3 Å². The molecule has 28 heavy (non-hydrogen) atoms. The fourth-order valence-electron chi connectivity index (χ4n) is 3.70. The van der Waals surface area contributed by atoms with Crippen LogP contribution in [0.3, 0.4) is 0 Å². The van der Waals surface area contributed by atoms with Crippen LogP contribution in [-0.4, -0.2) is 43.0 Å². The van der Waals surface area contributed by atoms with Crippen LogP contribution in [0.1, 0.15) is 28.8 Å². The molecule has 2 aromatic carbocycles. The first-order valence-electron chi connectivity index (χ1n) is 9.66. The van der Waals surface area contributed by atoms with Gasteiger partial charge in [-0.1, -0.05) is 36.4 Å². The van der Waals surface area contributed by atoms with Crippen molar-refractivity contribution in [2.75, 3.05) is 26.4 Å². The van der Waals surface area contributed by atoms with Crippen LogP contribution in [0.15, 0.2) is 48.5 Å². The number of hydrogen-bond acceptors (Lipinski definition) is 5. The summed E-state index contributed by atoms with van der Waals surface area (Å²) in [7, 11) is 0. The van der Waals surface area contributed by atoms with Gasteiger partial charge in [-0.15, -0.1) is 0 Å². The van der Waals surface area contributed by atoms with E-state index in [1.54, 1.807) is 0 Å². The average Bonchev–Trinajstić information content (AvgIpc) is 3.21. The van der Waals surface area contributed by atoms with Crippen LogP contribution in [0.25, 0.3) is 0 Å². The molecule has 4 rings (SSSR count). The van der Waals surface area contributed by atoms with Gasteiger partial charge in [-0.2, -0.15) is 0 Å². The Hall–Kier alpha value is -2.86. The van der Waals surface area contributed by atoms with E-state index in [4.69, 9.17) is 9.47 Å². The number of ketones is 1. The number of nitrogens with one attached hydrogen (secondary N) is 1. The van der Waals surface area contributed by atoms with Crippen molar-refractivity contribution in [1.29, 1.82) is 0 Å². The van der Waals surface area contributed by atoms with Gasteiger partial charge in [0.1, 0.15) is 0 Å². The highest BCUT2D eigenvalue weighted by molar-refractivity contribution is 5.97. The third-order valence-corrected chi connectivity index (χ3v) is 5.31. The van der Waals surface area contributed by atoms with Crippen molar-refractivity contribution in [1.82, 2.24) is 10.2 Å². The zero-order valence-electron chi connectivity index (χ0n) is 15.7. The van der Waals surface area contributed by atoms with E-state index in [0.29, 0.717) is 13.1 Å². The molecule has 1 fully saturated rings. The maximum Gasteiger partial charge on any atom is 0.234 e. The van der Waals surface area contributed by atoms with E-state index >= 15 is 0 Å². The third kappa shape index (κ3) is 4.34. The molecule has 1 amide bonds. The van der Waals surface area contributed by atoms with Crippen LogP contribution in [0.5, 0.6) is 11.5 Å². The number of carbonyl (C=O) groups excluding carboxylic acids is 2. The van der Waals surface area contributed by atoms with E-state index in [1.165, 1.54) is 0 Å². The summed E-state index contributed by atoms with van der Waals surface area (Å²) in [5.41, 5.74) is 1.76. The van der Waals surface area contributed by atoms with Gasteiger partial charge in [0.05, 0.1) is 6.54 Å². The van der Waals surface area contributed by atoms with Gasteiger partial charge in [0.15, 0.2) is 17.3 Å². The molecule has 2 heterocycles. The first-order valence-corrected chi connectivity index (χ1v) is 9.66. The molecule has 0 aliphatic carbocycles. The molecule has 2 aliphatic heterocycles. The lowest BCUT2D eigenvalue weighted by Gasteiger charge is -2.30. The Bertz CT molecular complexity index is 845. The molecule has 0 unspecified atom stereocenters. The van der Waals surface area contributed by atoms with Crippen LogP contribution < -0.4 is 14.8 Å². The minimum atomic E-state index is -0.00879. The number of benzene rings is 2. The minimum Gasteiger partial charge on any atom is -0.454 e. The molecule has 6 heteroatoms. The summed E-state index contributed by atoms with van der Waals surface area (Å²) >= 11 is 0. The minimum absolute atomic E-state index is 0.00879. The second kappa shape index (κ2) is 8.44. The summed E-state index contributed by atoms with van der Waals surface area (Å²) in [6, 6.07) is 15.1. The maximum absolute atomic E-state index is 12.6. The van der Waals surface area contributed by atoms with E-state index in [9.17, 15) is 9.59 Å². The monoisotopic (exact) mass is 380 g/mol. The molecular weight excluding hydrogens is 356 g/mol. The molecule has 6 nitrogen and oxygen atoms in total. The Morgan fingerprint density at radius 1 is 1.00 bits per heavy atom. The molecule has 0 spiro atoms. The lowest BCUT2D eigenvalue weighted by atomic mass is 9.89. The number of nitrogens with zero attached hydrogens (tertiary/aromatic N) is 1. The smallest absolute Gasteiger partial charge is 0.234 e. The molecule has 0 aromatic heterocycles. The van der Waals surface area contributed by atoms with Gasteiger partial charge in [-0.05, 0) is 43.6 Å². The van der Waals surface area contributed by atoms with Gasteiger partial charge in [0.25, 0.3) is 0 Å². The number of amides is 1. The van der Waals surface area contributed by atoms with Crippen molar-refractivity contribution >= 4 is 11.7 Å². The van der Waals surface area contributed by atoms with Gasteiger partial charge in [0, 0.05) is 18.0 Å². The molecule has 146 valence electrons. The van der Waals surface area contributed by atoms with E-state index in [0.717, 1.165) is 48.6 Å². The van der Waals surface area contributed by atoms with E-state index in [-0.39, 0.29) is 24.4 Å². The largest absolute Gasteiger partial charge is 0.454 e. The Morgan fingerprint density at radius 3 is 2.54 bits per heavy atom. The Kier molecular flexibility index (Phi) is 5.58. The number of ether oxygens (including phenoxy) is 2. The van der Waals surface area contributed by atoms with Crippen LogP contribution in [0, 0.1) is 5.92 Å². The van der Waals surface area contributed by atoms with Gasteiger partial charge >= 0.3 is 0 Å². The van der Waals surface area contributed by atoms with E-state index in [1.807, 2.05) is 48.5 Å². The van der Waals surface area contributed by atoms with Crippen molar-refractivity contribution in [3.05, 3.63) is 59.7 Å². The van der Waals surface area contributed by atoms with Gasteiger partial charge in [-0.25, -0.2) is 0 Å². The lowest BCUT2D eigenvalue weighted by molar-refractivity contribution is -0.122. The van der Waals surface area contributed by atoms with E-state index in [2.05, 4.69) is 10.2 Å². The molecule has 0 radical (unpaired) electrons. The molecule has 0 bridgehead atoms. The standard InChI is InChI=1S/C22H24N2O4/c25-21(23-13-16-6-7-19-20(12-16)28-15-27-19)14-24-10-8-18(9-11-24)22(26)17-4-2-1-3-5-17/h1-7,12,18H,8-11,13-15H2,(H,23,25). The number of rotatable bonds is 6. The highest BCUT2D eigenvalue weighted by Crippen LogP contribution is 2.32. The lowest BCUT2D eigenvalue weighted by Crippen LogP contribution is -2.42. The summed E-state index contributed by atoms with van der Waals surface area (Å²) in [4.78, 5) is 26.9. The van der Waals surface area contributed by atoms with Gasteiger partial charge in [-0.3, -0.25) is 14.5 Å². The highest BCUT2D eigenvalue weighted by atomic mass is 16.7. The van der Waals surface area contributed by atoms with Crippen molar-refractivity contribution in [2.24, 2.45) is 5.92 Å². The summed E-state index contributed by atoms with van der Waals surface area (Å²) in [5, 5.41) is 2.95. The number of hydrogen-bond donors (Lipinski definition) is 1. The van der Waals surface area contributed by atoms with Crippen molar-refractivity contribution in [2.45, 2.75) is 19.4 Å². The number of likely N-dealkylation sites (tertiary alicyclic amines) is 1. The molecule has 1 N–H and O–H groups in total. The normalized spacial score (nSPS) is 16.7. The topological polar surface area (TPSA) is 67.9 Å². The second-order valence-corrected chi connectivity index (χ2v) is 7.25. The zero-order chi connectivity index (χ0) is 19.3. The fourth-order valence-corrected chi connectivity index (χ4v) is 3.70. The molecule has 0 saturated carbocycles. The summed E-state index contributed by atoms with van der Waals surface area (Å²) in [5.74, 6) is 1.72. The number of piperidine rings is 1. The van der Waals surface area contributed by atoms with Crippen molar-refractivity contribution in [3.8, 4) is 11.5 Å².